The van der Waals surface area contributed by atoms with Gasteiger partial charge >= 0.3 is 0 Å². The normalized spacial score (nSPS) is 12.1. The first kappa shape index (κ1) is 16.8. The molecule has 0 aliphatic heterocycles. The Kier molecular flexibility index (Phi) is 4.76. The minimum absolute atomic E-state index is 0.0526. The Hall–Kier alpha value is -1.61. The van der Waals surface area contributed by atoms with Crippen LogP contribution in [0.5, 0.6) is 0 Å². The third kappa shape index (κ3) is 4.44. The maximum Gasteiger partial charge on any atom is 0.238 e. The van der Waals surface area contributed by atoms with Gasteiger partial charge in [-0.1, -0.05) is 41.9 Å². The first-order chi connectivity index (χ1) is 10.2. The van der Waals surface area contributed by atoms with E-state index in [0.717, 1.165) is 6.07 Å². The Labute approximate surface area is 134 Å². The Morgan fingerprint density at radius 1 is 1.00 bits per heavy atom. The van der Waals surface area contributed by atoms with Gasteiger partial charge in [0, 0.05) is 0 Å². The summed E-state index contributed by atoms with van der Waals surface area (Å²) in [5.74, 6) is -0.221. The van der Waals surface area contributed by atoms with Gasteiger partial charge in [-0.2, -0.15) is 0 Å². The number of anilines is 1. The molecule has 0 aliphatic carbocycles. The maximum atomic E-state index is 12.1. The van der Waals surface area contributed by atoms with Crippen molar-refractivity contribution in [1.82, 2.24) is 0 Å². The Balaban J connectivity index is 2.23. The van der Waals surface area contributed by atoms with Crippen molar-refractivity contribution >= 4 is 37.3 Å². The number of rotatable bonds is 5. The van der Waals surface area contributed by atoms with Crippen molar-refractivity contribution in [1.29, 1.82) is 0 Å². The summed E-state index contributed by atoms with van der Waals surface area (Å²) in [6.07, 6.45) is 0. The molecule has 3 N–H and O–H groups in total. The van der Waals surface area contributed by atoms with Crippen LogP contribution in [-0.4, -0.2) is 16.8 Å². The fraction of sp³-hybridized carbons (Fsp3) is 0.0769. The van der Waals surface area contributed by atoms with Gasteiger partial charge in [0.1, 0.15) is 0 Å². The molecule has 0 aromatic heterocycles. The molecule has 2 aromatic carbocycles. The van der Waals surface area contributed by atoms with Crippen molar-refractivity contribution in [3.8, 4) is 0 Å². The summed E-state index contributed by atoms with van der Waals surface area (Å²) >= 11 is 5.90. The van der Waals surface area contributed by atoms with E-state index in [1.165, 1.54) is 12.1 Å². The third-order valence-electron chi connectivity index (χ3n) is 2.73. The molecule has 118 valence electrons. The molecule has 0 amide bonds. The summed E-state index contributed by atoms with van der Waals surface area (Å²) in [5, 5.41) is 4.93. The molecule has 0 atom stereocenters. The summed E-state index contributed by atoms with van der Waals surface area (Å²) in [6, 6.07) is 12.2. The van der Waals surface area contributed by atoms with Crippen LogP contribution in [0, 0.1) is 0 Å². The Morgan fingerprint density at radius 3 is 2.18 bits per heavy atom. The molecule has 0 saturated carbocycles. The van der Waals surface area contributed by atoms with Crippen LogP contribution in [0.2, 0.25) is 5.02 Å². The van der Waals surface area contributed by atoms with Crippen molar-refractivity contribution in [2.24, 2.45) is 5.14 Å². The minimum Gasteiger partial charge on any atom is -0.282 e. The molecule has 6 nitrogen and oxygen atoms in total. The van der Waals surface area contributed by atoms with Gasteiger partial charge in [0.15, 0.2) is 0 Å². The molecule has 0 bridgehead atoms. The van der Waals surface area contributed by atoms with Gasteiger partial charge in [-0.25, -0.2) is 22.0 Å². The second-order valence-electron chi connectivity index (χ2n) is 4.53. The van der Waals surface area contributed by atoms with Crippen LogP contribution >= 0.6 is 11.6 Å². The van der Waals surface area contributed by atoms with Gasteiger partial charge in [-0.15, -0.1) is 0 Å². The predicted octanol–water partition coefficient (Wildman–Crippen LogP) is 1.93. The molecule has 0 spiro atoms. The average molecular weight is 361 g/mol. The van der Waals surface area contributed by atoms with E-state index in [9.17, 15) is 16.8 Å². The van der Waals surface area contributed by atoms with E-state index in [4.69, 9.17) is 16.7 Å². The smallest absolute Gasteiger partial charge is 0.238 e. The number of nitrogens with two attached hydrogens (primary N) is 1. The van der Waals surface area contributed by atoms with Gasteiger partial charge in [0.05, 0.1) is 21.4 Å². The number of nitrogens with one attached hydrogen (secondary N) is 1. The predicted molar refractivity (Wildman–Crippen MR) is 85.5 cm³/mol. The molecule has 2 aromatic rings. The average Bonchev–Trinajstić information content (AvgIpc) is 2.40. The second kappa shape index (κ2) is 6.25. The van der Waals surface area contributed by atoms with E-state index in [1.54, 1.807) is 30.3 Å². The zero-order valence-electron chi connectivity index (χ0n) is 11.2. The quantitative estimate of drug-likeness (QED) is 0.849. The van der Waals surface area contributed by atoms with Crippen molar-refractivity contribution in [3.05, 3.63) is 59.1 Å². The lowest BCUT2D eigenvalue weighted by atomic mass is 10.2. The zero-order valence-corrected chi connectivity index (χ0v) is 13.6. The number of hydrogen-bond donors (Lipinski definition) is 2. The molecule has 0 radical (unpaired) electrons. The largest absolute Gasteiger partial charge is 0.282 e. The van der Waals surface area contributed by atoms with Gasteiger partial charge < -0.3 is 0 Å². The van der Waals surface area contributed by atoms with Crippen LogP contribution < -0.4 is 9.86 Å². The molecular formula is C13H13ClN2O4S2. The van der Waals surface area contributed by atoms with E-state index in [2.05, 4.69) is 4.72 Å². The van der Waals surface area contributed by atoms with Crippen molar-refractivity contribution in [2.75, 3.05) is 4.72 Å². The van der Waals surface area contributed by atoms with Crippen LogP contribution in [0.1, 0.15) is 5.56 Å². The van der Waals surface area contributed by atoms with Crippen LogP contribution in [0.15, 0.2) is 53.4 Å². The van der Waals surface area contributed by atoms with Gasteiger partial charge in [0.25, 0.3) is 0 Å². The number of halogens is 1. The van der Waals surface area contributed by atoms with Crippen LogP contribution in [-0.2, 0) is 25.8 Å². The van der Waals surface area contributed by atoms with Crippen LogP contribution in [0.3, 0.4) is 0 Å². The SMILES string of the molecule is NS(=O)(=O)c1ccc(NS(=O)(=O)Cc2ccccc2)c(Cl)c1. The highest BCUT2D eigenvalue weighted by molar-refractivity contribution is 7.92. The lowest BCUT2D eigenvalue weighted by molar-refractivity contribution is 0.597. The zero-order chi connectivity index (χ0) is 16.4. The maximum absolute atomic E-state index is 12.1. The topological polar surface area (TPSA) is 106 Å². The van der Waals surface area contributed by atoms with E-state index in [-0.39, 0.29) is 21.4 Å². The van der Waals surface area contributed by atoms with Gasteiger partial charge in [-0.3, -0.25) is 4.72 Å². The number of sulfonamides is 2. The highest BCUT2D eigenvalue weighted by Gasteiger charge is 2.16. The second-order valence-corrected chi connectivity index (χ2v) is 8.22. The molecule has 0 heterocycles. The van der Waals surface area contributed by atoms with Crippen LogP contribution in [0.4, 0.5) is 5.69 Å². The number of primary sulfonamides is 1. The molecule has 0 saturated heterocycles. The van der Waals surface area contributed by atoms with Crippen molar-refractivity contribution in [3.63, 3.8) is 0 Å². The lowest BCUT2D eigenvalue weighted by Gasteiger charge is -2.10. The monoisotopic (exact) mass is 360 g/mol. The summed E-state index contributed by atoms with van der Waals surface area (Å²) in [6.45, 7) is 0. The molecule has 22 heavy (non-hydrogen) atoms. The van der Waals surface area contributed by atoms with Crippen LogP contribution in [0.25, 0.3) is 0 Å². The summed E-state index contributed by atoms with van der Waals surface area (Å²) < 4.78 is 48.9. The number of hydrogen-bond acceptors (Lipinski definition) is 4. The van der Waals surface area contributed by atoms with Gasteiger partial charge in [-0.05, 0) is 23.8 Å². The first-order valence-corrected chi connectivity index (χ1v) is 9.62. The summed E-state index contributed by atoms with van der Waals surface area (Å²) in [5.41, 5.74) is 0.706. The molecule has 0 unspecified atom stereocenters. The highest BCUT2D eigenvalue weighted by Crippen LogP contribution is 2.26. The number of benzene rings is 2. The summed E-state index contributed by atoms with van der Waals surface area (Å²) in [7, 11) is -7.57. The standard InChI is InChI=1S/C13H13ClN2O4S2/c14-12-8-11(22(15,19)20)6-7-13(12)16-21(17,18)9-10-4-2-1-3-5-10/h1-8,16H,9H2,(H2,15,19,20). The molecule has 2 rings (SSSR count). The Bertz CT molecular complexity index is 882. The first-order valence-electron chi connectivity index (χ1n) is 6.04. The van der Waals surface area contributed by atoms with E-state index >= 15 is 0 Å². The van der Waals surface area contributed by atoms with E-state index in [0.29, 0.717) is 5.56 Å². The van der Waals surface area contributed by atoms with E-state index in [1.807, 2.05) is 0 Å². The van der Waals surface area contributed by atoms with Crippen molar-refractivity contribution < 1.29 is 16.8 Å². The van der Waals surface area contributed by atoms with Gasteiger partial charge in [0.2, 0.25) is 20.0 Å². The fourth-order valence-electron chi connectivity index (χ4n) is 1.75. The highest BCUT2D eigenvalue weighted by atomic mass is 35.5. The molecular weight excluding hydrogens is 348 g/mol. The molecule has 0 fully saturated rings. The third-order valence-corrected chi connectivity index (χ3v) is 5.20. The van der Waals surface area contributed by atoms with E-state index < -0.39 is 20.0 Å². The lowest BCUT2D eigenvalue weighted by Crippen LogP contribution is -2.16. The summed E-state index contributed by atoms with van der Waals surface area (Å²) in [4.78, 5) is -0.191. The fourth-order valence-corrected chi connectivity index (χ4v) is 3.86. The Morgan fingerprint density at radius 2 is 1.64 bits per heavy atom. The van der Waals surface area contributed by atoms with Crippen molar-refractivity contribution in [2.45, 2.75) is 10.6 Å². The molecule has 9 heteroatoms. The molecule has 0 aliphatic rings. The minimum atomic E-state index is -3.90.